The zero-order valence-corrected chi connectivity index (χ0v) is 7.29. The Hall–Kier alpha value is -0.810. The Morgan fingerprint density at radius 1 is 1.33 bits per heavy atom. The summed E-state index contributed by atoms with van der Waals surface area (Å²) in [5.41, 5.74) is 0.928. The van der Waals surface area contributed by atoms with Gasteiger partial charge in [-0.25, -0.2) is 0 Å². The summed E-state index contributed by atoms with van der Waals surface area (Å²) in [5, 5.41) is 17.8. The predicted octanol–water partition coefficient (Wildman–Crippen LogP) is 2.15. The first kappa shape index (κ1) is 9.28. The van der Waals surface area contributed by atoms with Gasteiger partial charge in [0.25, 0.3) is 0 Å². The van der Waals surface area contributed by atoms with Crippen LogP contribution in [-0.2, 0) is 0 Å². The molecule has 1 atom stereocenters. The minimum Gasteiger partial charge on any atom is -0.374 e. The molecule has 0 bridgehead atoms. The molecular formula is C10H15NO. The standard InChI is InChI=1S/C10H15NO/c11-8-10(12)9-6-4-2-1-3-5-7-9/h6,10,12H,1-5,7H2/b9-6+. The van der Waals surface area contributed by atoms with Crippen LogP contribution in [0.25, 0.3) is 0 Å². The normalized spacial score (nSPS) is 25.8. The van der Waals surface area contributed by atoms with Gasteiger partial charge < -0.3 is 5.11 Å². The average molecular weight is 165 g/mol. The van der Waals surface area contributed by atoms with Gasteiger partial charge in [0, 0.05) is 0 Å². The van der Waals surface area contributed by atoms with Crippen molar-refractivity contribution < 1.29 is 5.11 Å². The first-order valence-electron chi connectivity index (χ1n) is 4.61. The Morgan fingerprint density at radius 2 is 2.08 bits per heavy atom. The summed E-state index contributed by atoms with van der Waals surface area (Å²) in [5.74, 6) is 0. The first-order valence-corrected chi connectivity index (χ1v) is 4.61. The molecule has 2 nitrogen and oxygen atoms in total. The lowest BCUT2D eigenvalue weighted by atomic mass is 9.97. The van der Waals surface area contributed by atoms with Crippen LogP contribution in [0.5, 0.6) is 0 Å². The highest BCUT2D eigenvalue weighted by Gasteiger charge is 2.09. The minimum atomic E-state index is -0.858. The monoisotopic (exact) mass is 165 g/mol. The third-order valence-corrected chi connectivity index (χ3v) is 2.30. The molecule has 0 aromatic carbocycles. The van der Waals surface area contributed by atoms with Crippen molar-refractivity contribution in [3.05, 3.63) is 11.6 Å². The fraction of sp³-hybridized carbons (Fsp3) is 0.700. The molecule has 2 heteroatoms. The average Bonchev–Trinajstić information content (AvgIpc) is 2.02. The zero-order valence-electron chi connectivity index (χ0n) is 7.29. The van der Waals surface area contributed by atoms with E-state index < -0.39 is 6.10 Å². The van der Waals surface area contributed by atoms with Crippen LogP contribution in [-0.4, -0.2) is 11.2 Å². The molecule has 0 heterocycles. The van der Waals surface area contributed by atoms with Crippen LogP contribution in [0.15, 0.2) is 11.6 Å². The van der Waals surface area contributed by atoms with Gasteiger partial charge in [0.1, 0.15) is 0 Å². The van der Waals surface area contributed by atoms with Gasteiger partial charge >= 0.3 is 0 Å². The number of aliphatic hydroxyl groups is 1. The van der Waals surface area contributed by atoms with Gasteiger partial charge in [0.05, 0.1) is 6.07 Å². The SMILES string of the molecule is N#CC(O)/C1=C/CCCCCC1. The Labute approximate surface area is 73.5 Å². The molecular weight excluding hydrogens is 150 g/mol. The molecule has 0 saturated carbocycles. The molecule has 66 valence electrons. The van der Waals surface area contributed by atoms with Crippen molar-refractivity contribution in [3.8, 4) is 6.07 Å². The quantitative estimate of drug-likeness (QED) is 0.478. The molecule has 1 unspecified atom stereocenters. The Morgan fingerprint density at radius 3 is 2.83 bits per heavy atom. The molecule has 0 amide bonds. The molecule has 1 aliphatic rings. The van der Waals surface area contributed by atoms with Crippen LogP contribution < -0.4 is 0 Å². The predicted molar refractivity (Wildman–Crippen MR) is 47.4 cm³/mol. The third-order valence-electron chi connectivity index (χ3n) is 2.30. The van der Waals surface area contributed by atoms with Crippen molar-refractivity contribution in [1.29, 1.82) is 5.26 Å². The highest BCUT2D eigenvalue weighted by Crippen LogP contribution is 2.19. The molecule has 12 heavy (non-hydrogen) atoms. The lowest BCUT2D eigenvalue weighted by Crippen LogP contribution is -2.08. The molecule has 1 rings (SSSR count). The smallest absolute Gasteiger partial charge is 0.161 e. The van der Waals surface area contributed by atoms with Gasteiger partial charge in [0.2, 0.25) is 0 Å². The second-order valence-electron chi connectivity index (χ2n) is 3.26. The van der Waals surface area contributed by atoms with Crippen molar-refractivity contribution in [2.24, 2.45) is 0 Å². The minimum absolute atomic E-state index is 0.858. The molecule has 0 aliphatic heterocycles. The van der Waals surface area contributed by atoms with E-state index in [2.05, 4.69) is 0 Å². The van der Waals surface area contributed by atoms with E-state index in [1.165, 1.54) is 19.3 Å². The summed E-state index contributed by atoms with van der Waals surface area (Å²) >= 11 is 0. The molecule has 0 fully saturated rings. The lowest BCUT2D eigenvalue weighted by Gasteiger charge is -2.11. The number of hydrogen-bond donors (Lipinski definition) is 1. The highest BCUT2D eigenvalue weighted by atomic mass is 16.3. The number of allylic oxidation sites excluding steroid dienone is 1. The van der Waals surface area contributed by atoms with Gasteiger partial charge in [-0.2, -0.15) is 5.26 Å². The maximum atomic E-state index is 9.27. The van der Waals surface area contributed by atoms with Crippen molar-refractivity contribution in [3.63, 3.8) is 0 Å². The van der Waals surface area contributed by atoms with Crippen LogP contribution in [0.1, 0.15) is 38.5 Å². The van der Waals surface area contributed by atoms with Gasteiger partial charge in [-0.1, -0.05) is 18.9 Å². The molecule has 0 aromatic heterocycles. The van der Waals surface area contributed by atoms with Crippen molar-refractivity contribution >= 4 is 0 Å². The van der Waals surface area contributed by atoms with Crippen LogP contribution in [0.3, 0.4) is 0 Å². The van der Waals surface area contributed by atoms with Gasteiger partial charge in [-0.05, 0) is 31.3 Å². The summed E-state index contributed by atoms with van der Waals surface area (Å²) in [6, 6.07) is 1.87. The number of aliphatic hydroxyl groups excluding tert-OH is 1. The van der Waals surface area contributed by atoms with Crippen LogP contribution in [0, 0.1) is 11.3 Å². The van der Waals surface area contributed by atoms with Gasteiger partial charge in [-0.15, -0.1) is 0 Å². The molecule has 0 radical (unpaired) electrons. The largest absolute Gasteiger partial charge is 0.374 e. The molecule has 0 saturated heterocycles. The summed E-state index contributed by atoms with van der Waals surface area (Å²) < 4.78 is 0. The van der Waals surface area contributed by atoms with Gasteiger partial charge in [0.15, 0.2) is 6.10 Å². The summed E-state index contributed by atoms with van der Waals surface area (Å²) in [4.78, 5) is 0. The van der Waals surface area contributed by atoms with E-state index in [1.807, 2.05) is 12.1 Å². The second-order valence-corrected chi connectivity index (χ2v) is 3.26. The van der Waals surface area contributed by atoms with Crippen molar-refractivity contribution in [2.75, 3.05) is 0 Å². The summed E-state index contributed by atoms with van der Waals surface area (Å²) in [7, 11) is 0. The number of hydrogen-bond acceptors (Lipinski definition) is 2. The Balaban J connectivity index is 2.54. The topological polar surface area (TPSA) is 44.0 Å². The molecule has 0 aromatic rings. The molecule has 1 N–H and O–H groups in total. The van der Waals surface area contributed by atoms with E-state index >= 15 is 0 Å². The fourth-order valence-corrected chi connectivity index (χ4v) is 1.55. The Bertz CT molecular complexity index is 202. The van der Waals surface area contributed by atoms with Crippen molar-refractivity contribution in [1.82, 2.24) is 0 Å². The molecule has 0 spiro atoms. The number of nitriles is 1. The van der Waals surface area contributed by atoms with Crippen LogP contribution >= 0.6 is 0 Å². The van der Waals surface area contributed by atoms with Crippen LogP contribution in [0.4, 0.5) is 0 Å². The maximum absolute atomic E-state index is 9.27. The molecule has 1 aliphatic carbocycles. The first-order chi connectivity index (χ1) is 5.84. The van der Waals surface area contributed by atoms with Crippen molar-refractivity contribution in [2.45, 2.75) is 44.6 Å². The summed E-state index contributed by atoms with van der Waals surface area (Å²) in [6.07, 6.45) is 7.92. The summed E-state index contributed by atoms with van der Waals surface area (Å²) in [6.45, 7) is 0. The Kier molecular flexibility index (Phi) is 3.83. The van der Waals surface area contributed by atoms with E-state index in [9.17, 15) is 5.11 Å². The van der Waals surface area contributed by atoms with E-state index in [1.54, 1.807) is 0 Å². The van der Waals surface area contributed by atoms with Crippen LogP contribution in [0.2, 0.25) is 0 Å². The van der Waals surface area contributed by atoms with E-state index in [4.69, 9.17) is 5.26 Å². The second kappa shape index (κ2) is 4.95. The zero-order chi connectivity index (χ0) is 8.81. The van der Waals surface area contributed by atoms with E-state index in [0.29, 0.717) is 0 Å². The number of rotatable bonds is 1. The van der Waals surface area contributed by atoms with E-state index in [0.717, 1.165) is 24.8 Å². The fourth-order valence-electron chi connectivity index (χ4n) is 1.55. The number of nitrogens with zero attached hydrogens (tertiary/aromatic N) is 1. The van der Waals surface area contributed by atoms with Gasteiger partial charge in [-0.3, -0.25) is 0 Å². The van der Waals surface area contributed by atoms with E-state index in [-0.39, 0.29) is 0 Å². The third kappa shape index (κ3) is 2.67. The maximum Gasteiger partial charge on any atom is 0.161 e. The lowest BCUT2D eigenvalue weighted by molar-refractivity contribution is 0.259. The highest BCUT2D eigenvalue weighted by molar-refractivity contribution is 5.16.